The quantitative estimate of drug-likeness (QED) is 0.795. The number of benzene rings is 1. The molecule has 1 aromatic rings. The Labute approximate surface area is 123 Å². The Morgan fingerprint density at radius 2 is 1.76 bits per heavy atom. The maximum absolute atomic E-state index is 12.9. The van der Waals surface area contributed by atoms with E-state index in [1.807, 2.05) is 24.3 Å². The molecule has 0 saturated carbocycles. The number of anilines is 1. The van der Waals surface area contributed by atoms with Crippen LogP contribution in [0.1, 0.15) is 5.56 Å². The predicted octanol–water partition coefficient (Wildman–Crippen LogP) is 0.522. The summed E-state index contributed by atoms with van der Waals surface area (Å²) in [5.74, 6) is -1.34. The zero-order valence-electron chi connectivity index (χ0n) is 11.8. The van der Waals surface area contributed by atoms with Crippen molar-refractivity contribution in [1.82, 2.24) is 4.90 Å². The lowest BCUT2D eigenvalue weighted by molar-refractivity contribution is -0.181. The van der Waals surface area contributed by atoms with Gasteiger partial charge in [0.1, 0.15) is 0 Å². The highest BCUT2D eigenvalue weighted by Gasteiger charge is 2.56. The van der Waals surface area contributed by atoms with Crippen molar-refractivity contribution in [3.63, 3.8) is 0 Å². The third-order valence-corrected chi connectivity index (χ3v) is 4.22. The molecular formula is C15H18N2O4. The first-order valence-electron chi connectivity index (χ1n) is 7.31. The van der Waals surface area contributed by atoms with Gasteiger partial charge in [-0.25, -0.2) is 0 Å². The number of amides is 1. The smallest absolute Gasteiger partial charge is 0.293 e. The van der Waals surface area contributed by atoms with Crippen molar-refractivity contribution in [2.45, 2.75) is 5.79 Å². The molecule has 1 amide bonds. The predicted molar refractivity (Wildman–Crippen MR) is 74.8 cm³/mol. The molecule has 112 valence electrons. The number of fused-ring (bicyclic) bond motifs is 2. The Balaban J connectivity index is 1.66. The van der Waals surface area contributed by atoms with Crippen LogP contribution in [0, 0.1) is 0 Å². The molecule has 0 N–H and O–H groups in total. The molecule has 1 spiro atoms. The molecule has 3 aliphatic heterocycles. The minimum Gasteiger partial charge on any atom is -0.379 e. The largest absolute Gasteiger partial charge is 0.379 e. The molecule has 1 aromatic carbocycles. The highest BCUT2D eigenvalue weighted by molar-refractivity contribution is 6.06. The summed E-state index contributed by atoms with van der Waals surface area (Å²) in [5.41, 5.74) is 1.71. The van der Waals surface area contributed by atoms with Gasteiger partial charge in [-0.15, -0.1) is 0 Å². The second-order valence-electron chi connectivity index (χ2n) is 5.44. The molecule has 6 heteroatoms. The summed E-state index contributed by atoms with van der Waals surface area (Å²) < 4.78 is 16.8. The lowest BCUT2D eigenvalue weighted by Gasteiger charge is -2.31. The highest BCUT2D eigenvalue weighted by atomic mass is 16.7. The highest BCUT2D eigenvalue weighted by Crippen LogP contribution is 2.45. The minimum absolute atomic E-state index is 0.118. The number of rotatable bonds is 2. The Morgan fingerprint density at radius 1 is 1.05 bits per heavy atom. The van der Waals surface area contributed by atoms with Crippen LogP contribution in [0.2, 0.25) is 0 Å². The maximum Gasteiger partial charge on any atom is 0.293 e. The molecule has 0 unspecified atom stereocenters. The summed E-state index contributed by atoms with van der Waals surface area (Å²) in [6.07, 6.45) is 0. The van der Waals surface area contributed by atoms with Gasteiger partial charge in [-0.05, 0) is 6.07 Å². The van der Waals surface area contributed by atoms with Crippen LogP contribution in [0.25, 0.3) is 0 Å². The van der Waals surface area contributed by atoms with Gasteiger partial charge in [0, 0.05) is 18.7 Å². The molecule has 0 aromatic heterocycles. The monoisotopic (exact) mass is 290 g/mol. The van der Waals surface area contributed by atoms with E-state index in [2.05, 4.69) is 4.90 Å². The third-order valence-electron chi connectivity index (χ3n) is 4.22. The topological polar surface area (TPSA) is 51.2 Å². The molecule has 4 rings (SSSR count). The second kappa shape index (κ2) is 5.06. The van der Waals surface area contributed by atoms with E-state index in [4.69, 9.17) is 14.2 Å². The van der Waals surface area contributed by atoms with Crippen molar-refractivity contribution < 1.29 is 19.0 Å². The molecule has 3 aliphatic rings. The molecule has 2 fully saturated rings. The van der Waals surface area contributed by atoms with Crippen LogP contribution in [-0.4, -0.2) is 57.0 Å². The number of carbonyl (C=O) groups excluding carboxylic acids is 1. The van der Waals surface area contributed by atoms with Crippen molar-refractivity contribution in [3.05, 3.63) is 29.8 Å². The Bertz CT molecular complexity index is 550. The second-order valence-corrected chi connectivity index (χ2v) is 5.44. The molecule has 3 heterocycles. The van der Waals surface area contributed by atoms with Crippen molar-refractivity contribution in [2.24, 2.45) is 0 Å². The molecule has 0 atom stereocenters. The van der Waals surface area contributed by atoms with Gasteiger partial charge in [-0.1, -0.05) is 18.2 Å². The fourth-order valence-electron chi connectivity index (χ4n) is 3.16. The van der Waals surface area contributed by atoms with Crippen molar-refractivity contribution >= 4 is 11.6 Å². The summed E-state index contributed by atoms with van der Waals surface area (Å²) in [6.45, 7) is 4.54. The van der Waals surface area contributed by atoms with E-state index in [0.717, 1.165) is 24.3 Å². The normalized spacial score (nSPS) is 24.8. The van der Waals surface area contributed by atoms with Crippen LogP contribution in [0.15, 0.2) is 24.3 Å². The van der Waals surface area contributed by atoms with Crippen LogP contribution in [0.4, 0.5) is 5.69 Å². The van der Waals surface area contributed by atoms with Gasteiger partial charge in [-0.2, -0.15) is 0 Å². The Morgan fingerprint density at radius 3 is 2.52 bits per heavy atom. The zero-order chi connectivity index (χ0) is 14.3. The lowest BCUT2D eigenvalue weighted by Crippen LogP contribution is -2.48. The van der Waals surface area contributed by atoms with Crippen molar-refractivity contribution in [2.75, 3.05) is 51.1 Å². The average Bonchev–Trinajstić information content (AvgIpc) is 3.11. The molecule has 0 bridgehead atoms. The summed E-state index contributed by atoms with van der Waals surface area (Å²) in [7, 11) is 0. The SMILES string of the molecule is O=C1N(CN2CCOCC2)c2ccccc2C12OCCO2. The number of morpholine rings is 1. The first-order chi connectivity index (χ1) is 10.3. The fourth-order valence-corrected chi connectivity index (χ4v) is 3.16. The van der Waals surface area contributed by atoms with Gasteiger partial charge < -0.3 is 14.2 Å². The van der Waals surface area contributed by atoms with Gasteiger partial charge >= 0.3 is 0 Å². The van der Waals surface area contributed by atoms with Crippen LogP contribution in [-0.2, 0) is 24.8 Å². The average molecular weight is 290 g/mol. The zero-order valence-corrected chi connectivity index (χ0v) is 11.8. The first kappa shape index (κ1) is 13.2. The molecular weight excluding hydrogens is 272 g/mol. The molecule has 2 saturated heterocycles. The van der Waals surface area contributed by atoms with Gasteiger partial charge in [0.15, 0.2) is 0 Å². The maximum atomic E-state index is 12.9. The number of ether oxygens (including phenoxy) is 3. The first-order valence-corrected chi connectivity index (χ1v) is 7.31. The fraction of sp³-hybridized carbons (Fsp3) is 0.533. The lowest BCUT2D eigenvalue weighted by atomic mass is 10.1. The minimum atomic E-state index is -1.22. The molecule has 21 heavy (non-hydrogen) atoms. The number of carbonyl (C=O) groups is 1. The number of para-hydroxylation sites is 1. The van der Waals surface area contributed by atoms with Crippen molar-refractivity contribution in [1.29, 1.82) is 0 Å². The van der Waals surface area contributed by atoms with E-state index >= 15 is 0 Å². The molecule has 0 aliphatic carbocycles. The van der Waals surface area contributed by atoms with Gasteiger partial charge in [0.2, 0.25) is 0 Å². The van der Waals surface area contributed by atoms with Crippen LogP contribution in [0.3, 0.4) is 0 Å². The molecule has 0 radical (unpaired) electrons. The standard InChI is InChI=1S/C15H18N2O4/c18-14-15(20-9-10-21-15)12-3-1-2-4-13(12)17(14)11-16-5-7-19-8-6-16/h1-4H,5-11H2. The van der Waals surface area contributed by atoms with Gasteiger partial charge in [-0.3, -0.25) is 14.6 Å². The molecule has 6 nitrogen and oxygen atoms in total. The van der Waals surface area contributed by atoms with E-state index in [1.54, 1.807) is 4.90 Å². The Kier molecular flexibility index (Phi) is 3.19. The van der Waals surface area contributed by atoms with Crippen LogP contribution in [0.5, 0.6) is 0 Å². The van der Waals surface area contributed by atoms with Gasteiger partial charge in [0.05, 0.1) is 38.8 Å². The summed E-state index contributed by atoms with van der Waals surface area (Å²) in [6, 6.07) is 7.72. The van der Waals surface area contributed by atoms with Crippen LogP contribution < -0.4 is 4.90 Å². The van der Waals surface area contributed by atoms with Crippen LogP contribution >= 0.6 is 0 Å². The van der Waals surface area contributed by atoms with E-state index in [0.29, 0.717) is 33.1 Å². The summed E-state index contributed by atoms with van der Waals surface area (Å²) in [5, 5.41) is 0. The van der Waals surface area contributed by atoms with E-state index in [9.17, 15) is 4.79 Å². The summed E-state index contributed by atoms with van der Waals surface area (Å²) >= 11 is 0. The van der Waals surface area contributed by atoms with E-state index in [1.165, 1.54) is 0 Å². The Hall–Kier alpha value is -1.47. The summed E-state index contributed by atoms with van der Waals surface area (Å²) in [4.78, 5) is 16.9. The van der Waals surface area contributed by atoms with E-state index < -0.39 is 5.79 Å². The van der Waals surface area contributed by atoms with Gasteiger partial charge in [0.25, 0.3) is 11.7 Å². The third kappa shape index (κ3) is 1.98. The number of nitrogens with zero attached hydrogens (tertiary/aromatic N) is 2. The number of hydrogen-bond acceptors (Lipinski definition) is 5. The number of hydrogen-bond donors (Lipinski definition) is 0. The van der Waals surface area contributed by atoms with Crippen molar-refractivity contribution in [3.8, 4) is 0 Å². The van der Waals surface area contributed by atoms with E-state index in [-0.39, 0.29) is 5.91 Å².